The zero-order chi connectivity index (χ0) is 20.5. The first-order valence-electron chi connectivity index (χ1n) is 9.98. The molecule has 3 N–H and O–H groups in total. The lowest BCUT2D eigenvalue weighted by Gasteiger charge is -2.13. The van der Waals surface area contributed by atoms with E-state index in [-0.39, 0.29) is 36.0 Å². The number of ether oxygens (including phenoxy) is 1. The second-order valence-corrected chi connectivity index (χ2v) is 8.33. The van der Waals surface area contributed by atoms with Gasteiger partial charge >= 0.3 is 0 Å². The average Bonchev–Trinajstić information content (AvgIpc) is 3.40. The molecular formula is C21H30IN5O2S. The molecule has 30 heavy (non-hydrogen) atoms. The Morgan fingerprint density at radius 1 is 1.33 bits per heavy atom. The van der Waals surface area contributed by atoms with Crippen LogP contribution >= 0.6 is 35.3 Å². The highest BCUT2D eigenvalue weighted by molar-refractivity contribution is 14.0. The Morgan fingerprint density at radius 3 is 2.90 bits per heavy atom. The van der Waals surface area contributed by atoms with Crippen molar-refractivity contribution in [3.63, 3.8) is 0 Å². The predicted molar refractivity (Wildman–Crippen MR) is 132 cm³/mol. The summed E-state index contributed by atoms with van der Waals surface area (Å²) in [6, 6.07) is 7.63. The number of hydrogen-bond acceptors (Lipinski definition) is 5. The minimum atomic E-state index is -0.0661. The quantitative estimate of drug-likeness (QED) is 0.271. The molecule has 2 aromatic rings. The first-order valence-corrected chi connectivity index (χ1v) is 10.8. The number of rotatable bonds is 8. The lowest BCUT2D eigenvalue weighted by molar-refractivity contribution is 0.0857. The average molecular weight is 543 g/mol. The molecule has 0 bridgehead atoms. The van der Waals surface area contributed by atoms with Crippen LogP contribution in [0.5, 0.6) is 0 Å². The Labute approximate surface area is 199 Å². The number of guanidine groups is 1. The summed E-state index contributed by atoms with van der Waals surface area (Å²) in [5.74, 6) is 0.662. The van der Waals surface area contributed by atoms with Crippen molar-refractivity contribution in [2.75, 3.05) is 26.7 Å². The molecule has 0 saturated carbocycles. The molecule has 1 aliphatic heterocycles. The number of carbonyl (C=O) groups is 1. The zero-order valence-electron chi connectivity index (χ0n) is 17.4. The molecule has 3 rings (SSSR count). The Morgan fingerprint density at radius 2 is 2.20 bits per heavy atom. The third kappa shape index (κ3) is 7.84. The van der Waals surface area contributed by atoms with E-state index in [0.29, 0.717) is 18.7 Å². The highest BCUT2D eigenvalue weighted by Crippen LogP contribution is 2.12. The fourth-order valence-corrected chi connectivity index (χ4v) is 3.93. The van der Waals surface area contributed by atoms with Crippen molar-refractivity contribution >= 4 is 47.2 Å². The molecule has 1 fully saturated rings. The Kier molecular flexibility index (Phi) is 10.5. The molecule has 1 saturated heterocycles. The molecule has 164 valence electrons. The summed E-state index contributed by atoms with van der Waals surface area (Å²) in [6.45, 7) is 4.77. The standard InChI is InChI=1S/C21H29N5O2S.HI/c1-15-12-24-19(29-15)8-9-23-21(22-2)26-13-16-5-3-6-17(11-16)20(27)25-14-18-7-4-10-28-18;/h3,5-6,11-12,18H,4,7-10,13-14H2,1-2H3,(H,25,27)(H2,22,23,26);1H. The summed E-state index contributed by atoms with van der Waals surface area (Å²) in [4.78, 5) is 22.2. The normalized spacial score (nSPS) is 16.1. The Hall–Kier alpha value is -1.72. The fourth-order valence-electron chi connectivity index (χ4n) is 3.15. The van der Waals surface area contributed by atoms with E-state index in [9.17, 15) is 4.79 Å². The van der Waals surface area contributed by atoms with Crippen LogP contribution in [0.25, 0.3) is 0 Å². The maximum absolute atomic E-state index is 12.4. The molecule has 7 nitrogen and oxygen atoms in total. The van der Waals surface area contributed by atoms with Gasteiger partial charge in [-0.15, -0.1) is 35.3 Å². The second-order valence-electron chi connectivity index (χ2n) is 7.01. The third-order valence-corrected chi connectivity index (χ3v) is 5.66. The maximum atomic E-state index is 12.4. The Balaban J connectivity index is 0.00000320. The van der Waals surface area contributed by atoms with Crippen molar-refractivity contribution in [2.24, 2.45) is 4.99 Å². The smallest absolute Gasteiger partial charge is 0.251 e. The second kappa shape index (κ2) is 12.9. The maximum Gasteiger partial charge on any atom is 0.251 e. The number of aromatic nitrogens is 1. The molecule has 9 heteroatoms. The van der Waals surface area contributed by atoms with Crippen molar-refractivity contribution in [3.05, 3.63) is 51.5 Å². The minimum Gasteiger partial charge on any atom is -0.376 e. The topological polar surface area (TPSA) is 87.6 Å². The van der Waals surface area contributed by atoms with Crippen molar-refractivity contribution < 1.29 is 9.53 Å². The number of benzene rings is 1. The van der Waals surface area contributed by atoms with E-state index in [2.05, 4.69) is 32.9 Å². The van der Waals surface area contributed by atoms with E-state index in [1.54, 1.807) is 18.4 Å². The van der Waals surface area contributed by atoms with Crippen molar-refractivity contribution in [2.45, 2.75) is 38.8 Å². The predicted octanol–water partition coefficient (Wildman–Crippen LogP) is 2.89. The summed E-state index contributed by atoms with van der Waals surface area (Å²) in [6.07, 6.45) is 4.99. The van der Waals surface area contributed by atoms with E-state index >= 15 is 0 Å². The summed E-state index contributed by atoms with van der Waals surface area (Å²) in [5, 5.41) is 10.7. The van der Waals surface area contributed by atoms with Gasteiger partial charge in [-0.1, -0.05) is 12.1 Å². The van der Waals surface area contributed by atoms with Crippen LogP contribution in [-0.2, 0) is 17.7 Å². The van der Waals surface area contributed by atoms with Crippen LogP contribution in [0.4, 0.5) is 0 Å². The van der Waals surface area contributed by atoms with Crippen molar-refractivity contribution in [1.82, 2.24) is 20.9 Å². The highest BCUT2D eigenvalue weighted by Gasteiger charge is 2.16. The van der Waals surface area contributed by atoms with E-state index < -0.39 is 0 Å². The molecule has 1 aliphatic rings. The number of amides is 1. The molecular weight excluding hydrogens is 513 g/mol. The van der Waals surface area contributed by atoms with E-state index in [1.807, 2.05) is 30.5 Å². The zero-order valence-corrected chi connectivity index (χ0v) is 20.6. The number of nitrogens with one attached hydrogen (secondary N) is 3. The first kappa shape index (κ1) is 24.5. The first-order chi connectivity index (χ1) is 14.1. The van der Waals surface area contributed by atoms with Gasteiger partial charge in [-0.3, -0.25) is 9.79 Å². The number of carbonyl (C=O) groups excluding carboxylic acids is 1. The molecule has 0 aliphatic carbocycles. The third-order valence-electron chi connectivity index (χ3n) is 4.69. The molecule has 0 radical (unpaired) electrons. The van der Waals surface area contributed by atoms with Gasteiger partial charge in [-0.25, -0.2) is 4.98 Å². The van der Waals surface area contributed by atoms with Crippen LogP contribution in [0.3, 0.4) is 0 Å². The van der Waals surface area contributed by atoms with Crippen LogP contribution in [0.2, 0.25) is 0 Å². The van der Waals surface area contributed by atoms with Gasteiger partial charge in [0.15, 0.2) is 5.96 Å². The van der Waals surface area contributed by atoms with E-state index in [4.69, 9.17) is 4.74 Å². The van der Waals surface area contributed by atoms with Crippen LogP contribution in [0.15, 0.2) is 35.5 Å². The van der Waals surface area contributed by atoms with Gasteiger partial charge in [-0.2, -0.15) is 0 Å². The molecule has 0 spiro atoms. The number of hydrogen-bond donors (Lipinski definition) is 3. The minimum absolute atomic E-state index is 0. The molecule has 2 heterocycles. The van der Waals surface area contributed by atoms with Gasteiger partial charge in [-0.05, 0) is 37.5 Å². The van der Waals surface area contributed by atoms with Gasteiger partial charge in [0, 0.05) is 56.3 Å². The molecule has 1 atom stereocenters. The molecule has 1 unspecified atom stereocenters. The molecule has 1 aromatic carbocycles. The van der Waals surface area contributed by atoms with Gasteiger partial charge in [0.05, 0.1) is 11.1 Å². The largest absolute Gasteiger partial charge is 0.376 e. The van der Waals surface area contributed by atoms with Crippen molar-refractivity contribution in [3.8, 4) is 0 Å². The summed E-state index contributed by atoms with van der Waals surface area (Å²) in [7, 11) is 1.75. The van der Waals surface area contributed by atoms with Gasteiger partial charge in [0.25, 0.3) is 5.91 Å². The van der Waals surface area contributed by atoms with Crippen LogP contribution in [-0.4, -0.2) is 49.7 Å². The van der Waals surface area contributed by atoms with Gasteiger partial charge in [0.1, 0.15) is 0 Å². The number of halogens is 1. The van der Waals surface area contributed by atoms with Crippen molar-refractivity contribution in [1.29, 1.82) is 0 Å². The van der Waals surface area contributed by atoms with Crippen LogP contribution < -0.4 is 16.0 Å². The monoisotopic (exact) mass is 543 g/mol. The summed E-state index contributed by atoms with van der Waals surface area (Å²) >= 11 is 1.72. The number of aryl methyl sites for hydroxylation is 1. The highest BCUT2D eigenvalue weighted by atomic mass is 127. The molecule has 1 aromatic heterocycles. The molecule has 1 amide bonds. The van der Waals surface area contributed by atoms with E-state index in [0.717, 1.165) is 48.9 Å². The fraction of sp³-hybridized carbons (Fsp3) is 0.476. The van der Waals surface area contributed by atoms with Crippen LogP contribution in [0, 0.1) is 6.92 Å². The number of aliphatic imine (C=N–C) groups is 1. The lowest BCUT2D eigenvalue weighted by atomic mass is 10.1. The lowest BCUT2D eigenvalue weighted by Crippen LogP contribution is -2.38. The van der Waals surface area contributed by atoms with E-state index in [1.165, 1.54) is 4.88 Å². The van der Waals surface area contributed by atoms with Gasteiger partial charge < -0.3 is 20.7 Å². The number of nitrogens with zero attached hydrogens (tertiary/aromatic N) is 2. The van der Waals surface area contributed by atoms with Gasteiger partial charge in [0.2, 0.25) is 0 Å². The SMILES string of the molecule is CN=C(NCCc1ncc(C)s1)NCc1cccc(C(=O)NCC2CCCO2)c1.I. The summed E-state index contributed by atoms with van der Waals surface area (Å²) in [5.41, 5.74) is 1.68. The van der Waals surface area contributed by atoms with Crippen LogP contribution in [0.1, 0.15) is 38.6 Å². The Bertz CT molecular complexity index is 836. The summed E-state index contributed by atoms with van der Waals surface area (Å²) < 4.78 is 5.55. The number of thiazole rings is 1.